The van der Waals surface area contributed by atoms with Crippen LogP contribution in [-0.4, -0.2) is 41.4 Å². The lowest BCUT2D eigenvalue weighted by Crippen LogP contribution is -2.46. The summed E-state index contributed by atoms with van der Waals surface area (Å²) < 4.78 is 13.1. The van der Waals surface area contributed by atoms with Gasteiger partial charge < -0.3 is 9.80 Å². The number of likely N-dealkylation sites (tertiary alicyclic amines) is 1. The van der Waals surface area contributed by atoms with Gasteiger partial charge in [-0.05, 0) is 42.5 Å². The van der Waals surface area contributed by atoms with Crippen LogP contribution in [0.3, 0.4) is 0 Å². The number of hydrogen-bond donors (Lipinski definition) is 0. The van der Waals surface area contributed by atoms with Gasteiger partial charge in [0.1, 0.15) is 5.82 Å². The van der Waals surface area contributed by atoms with E-state index in [4.69, 9.17) is 0 Å². The zero-order valence-electron chi connectivity index (χ0n) is 15.4. The van der Waals surface area contributed by atoms with Gasteiger partial charge in [-0.15, -0.1) is 0 Å². The Bertz CT molecular complexity index is 694. The normalized spacial score (nSPS) is 15.8. The number of hydrogen-bond acceptors (Lipinski definition) is 2. The first kappa shape index (κ1) is 18.6. The molecule has 0 atom stereocenters. The van der Waals surface area contributed by atoms with Crippen LogP contribution < -0.4 is 0 Å². The molecule has 0 bridgehead atoms. The first-order valence-corrected chi connectivity index (χ1v) is 9.40. The molecule has 1 heterocycles. The molecule has 3 rings (SSSR count). The van der Waals surface area contributed by atoms with E-state index in [1.807, 2.05) is 11.0 Å². The van der Waals surface area contributed by atoms with Gasteiger partial charge in [0.15, 0.2) is 0 Å². The van der Waals surface area contributed by atoms with Gasteiger partial charge in [-0.25, -0.2) is 4.39 Å². The molecular formula is C22H27FN2O. The van der Waals surface area contributed by atoms with E-state index in [-0.39, 0.29) is 17.8 Å². The summed E-state index contributed by atoms with van der Waals surface area (Å²) in [7, 11) is 0. The lowest BCUT2D eigenvalue weighted by Gasteiger charge is -2.38. The zero-order valence-corrected chi connectivity index (χ0v) is 15.4. The average molecular weight is 354 g/mol. The lowest BCUT2D eigenvalue weighted by atomic mass is 10.0. The Morgan fingerprint density at radius 3 is 2.31 bits per heavy atom. The molecule has 0 aliphatic carbocycles. The van der Waals surface area contributed by atoms with Gasteiger partial charge in [-0.1, -0.05) is 42.5 Å². The van der Waals surface area contributed by atoms with Gasteiger partial charge >= 0.3 is 0 Å². The van der Waals surface area contributed by atoms with Crippen molar-refractivity contribution in [2.24, 2.45) is 0 Å². The first-order chi connectivity index (χ1) is 12.6. The van der Waals surface area contributed by atoms with Crippen LogP contribution in [-0.2, 0) is 17.8 Å². The third kappa shape index (κ3) is 5.15. The molecular weight excluding hydrogens is 327 g/mol. The number of benzene rings is 2. The second kappa shape index (κ2) is 8.95. The molecule has 2 aromatic rings. The molecule has 1 saturated heterocycles. The third-order valence-corrected chi connectivity index (χ3v) is 5.23. The fourth-order valence-electron chi connectivity index (χ4n) is 3.67. The summed E-state index contributed by atoms with van der Waals surface area (Å²) in [6, 6.07) is 17.3. The van der Waals surface area contributed by atoms with E-state index >= 15 is 0 Å². The maximum atomic E-state index is 13.1. The molecule has 2 aromatic carbocycles. The molecule has 0 aromatic heterocycles. The number of nitrogens with zero attached hydrogens (tertiary/aromatic N) is 2. The summed E-state index contributed by atoms with van der Waals surface area (Å²) in [5, 5.41) is 0. The molecule has 0 saturated carbocycles. The largest absolute Gasteiger partial charge is 0.336 e. The number of amides is 1. The van der Waals surface area contributed by atoms with Crippen molar-refractivity contribution in [3.63, 3.8) is 0 Å². The number of carbonyl (C=O) groups is 1. The molecule has 4 heteroatoms. The van der Waals surface area contributed by atoms with E-state index in [0.29, 0.717) is 6.54 Å². The Labute approximate surface area is 155 Å². The van der Waals surface area contributed by atoms with Crippen LogP contribution in [0.15, 0.2) is 54.6 Å². The summed E-state index contributed by atoms with van der Waals surface area (Å²) >= 11 is 0. The van der Waals surface area contributed by atoms with Crippen LogP contribution in [0.5, 0.6) is 0 Å². The SMILES string of the molecule is CC(=O)N(Cc1ccc(F)cc1)C1CCN(CCc2ccccc2)CC1. The summed E-state index contributed by atoms with van der Waals surface area (Å²) in [4.78, 5) is 16.6. The molecule has 138 valence electrons. The quantitative estimate of drug-likeness (QED) is 0.786. The zero-order chi connectivity index (χ0) is 18.4. The first-order valence-electron chi connectivity index (χ1n) is 9.40. The van der Waals surface area contributed by atoms with Gasteiger partial charge in [0.2, 0.25) is 5.91 Å². The van der Waals surface area contributed by atoms with Gasteiger partial charge in [0, 0.05) is 39.1 Å². The van der Waals surface area contributed by atoms with Crippen LogP contribution >= 0.6 is 0 Å². The Morgan fingerprint density at radius 2 is 1.69 bits per heavy atom. The van der Waals surface area contributed by atoms with Gasteiger partial charge in [-0.3, -0.25) is 4.79 Å². The highest BCUT2D eigenvalue weighted by molar-refractivity contribution is 5.73. The minimum absolute atomic E-state index is 0.0945. The maximum absolute atomic E-state index is 13.1. The van der Waals surface area contributed by atoms with Crippen molar-refractivity contribution in [2.75, 3.05) is 19.6 Å². The standard InChI is InChI=1S/C22H27FN2O/c1-18(26)25(17-20-7-9-21(23)10-8-20)22-12-15-24(16-13-22)14-11-19-5-3-2-4-6-19/h2-10,22H,11-17H2,1H3. The Hall–Kier alpha value is -2.20. The minimum Gasteiger partial charge on any atom is -0.336 e. The monoisotopic (exact) mass is 354 g/mol. The lowest BCUT2D eigenvalue weighted by molar-refractivity contribution is -0.132. The van der Waals surface area contributed by atoms with Crippen LogP contribution in [0.2, 0.25) is 0 Å². The number of halogens is 1. The molecule has 0 radical (unpaired) electrons. The fourth-order valence-corrected chi connectivity index (χ4v) is 3.67. The molecule has 1 fully saturated rings. The van der Waals surface area contributed by atoms with Crippen molar-refractivity contribution in [2.45, 2.75) is 38.8 Å². The van der Waals surface area contributed by atoms with Crippen molar-refractivity contribution in [1.82, 2.24) is 9.80 Å². The van der Waals surface area contributed by atoms with Gasteiger partial charge in [0.05, 0.1) is 0 Å². The second-order valence-corrected chi connectivity index (χ2v) is 7.08. The molecule has 3 nitrogen and oxygen atoms in total. The van der Waals surface area contributed by atoms with E-state index in [0.717, 1.165) is 44.5 Å². The fraction of sp³-hybridized carbons (Fsp3) is 0.409. The number of piperidine rings is 1. The molecule has 0 N–H and O–H groups in total. The Kier molecular flexibility index (Phi) is 6.40. The van der Waals surface area contributed by atoms with Crippen LogP contribution in [0.25, 0.3) is 0 Å². The van der Waals surface area contributed by atoms with E-state index in [9.17, 15) is 9.18 Å². The molecule has 1 aliphatic rings. The number of rotatable bonds is 6. The van der Waals surface area contributed by atoms with E-state index in [1.54, 1.807) is 19.1 Å². The van der Waals surface area contributed by atoms with Crippen LogP contribution in [0.4, 0.5) is 4.39 Å². The highest BCUT2D eigenvalue weighted by atomic mass is 19.1. The third-order valence-electron chi connectivity index (χ3n) is 5.23. The van der Waals surface area contributed by atoms with Crippen molar-refractivity contribution in [1.29, 1.82) is 0 Å². The topological polar surface area (TPSA) is 23.6 Å². The van der Waals surface area contributed by atoms with Crippen molar-refractivity contribution < 1.29 is 9.18 Å². The average Bonchev–Trinajstić information content (AvgIpc) is 2.67. The second-order valence-electron chi connectivity index (χ2n) is 7.08. The van der Waals surface area contributed by atoms with Crippen molar-refractivity contribution >= 4 is 5.91 Å². The number of carbonyl (C=O) groups excluding carboxylic acids is 1. The predicted octanol–water partition coefficient (Wildman–Crippen LogP) is 3.88. The Balaban J connectivity index is 1.51. The summed E-state index contributed by atoms with van der Waals surface area (Å²) in [5.41, 5.74) is 2.35. The molecule has 0 unspecified atom stereocenters. The van der Waals surface area contributed by atoms with Crippen LogP contribution in [0, 0.1) is 5.82 Å². The van der Waals surface area contributed by atoms with E-state index in [2.05, 4.69) is 29.2 Å². The molecule has 0 spiro atoms. The smallest absolute Gasteiger partial charge is 0.219 e. The summed E-state index contributed by atoms with van der Waals surface area (Å²) in [6.07, 6.45) is 3.06. The minimum atomic E-state index is -0.241. The predicted molar refractivity (Wildman–Crippen MR) is 102 cm³/mol. The van der Waals surface area contributed by atoms with Crippen molar-refractivity contribution in [3.8, 4) is 0 Å². The Morgan fingerprint density at radius 1 is 1.04 bits per heavy atom. The summed E-state index contributed by atoms with van der Waals surface area (Å²) in [5.74, 6) is -0.146. The van der Waals surface area contributed by atoms with E-state index < -0.39 is 0 Å². The molecule has 26 heavy (non-hydrogen) atoms. The maximum Gasteiger partial charge on any atom is 0.219 e. The molecule has 1 amide bonds. The van der Waals surface area contributed by atoms with Gasteiger partial charge in [-0.2, -0.15) is 0 Å². The van der Waals surface area contributed by atoms with Crippen molar-refractivity contribution in [3.05, 3.63) is 71.5 Å². The highest BCUT2D eigenvalue weighted by Gasteiger charge is 2.26. The van der Waals surface area contributed by atoms with Crippen LogP contribution in [0.1, 0.15) is 30.9 Å². The van der Waals surface area contributed by atoms with E-state index in [1.165, 1.54) is 17.7 Å². The highest BCUT2D eigenvalue weighted by Crippen LogP contribution is 2.20. The summed E-state index contributed by atoms with van der Waals surface area (Å²) in [6.45, 7) is 5.29. The molecule has 1 aliphatic heterocycles. The van der Waals surface area contributed by atoms with Gasteiger partial charge in [0.25, 0.3) is 0 Å².